The quantitative estimate of drug-likeness (QED) is 0.664. The first-order valence-electron chi connectivity index (χ1n) is 10.3. The monoisotopic (exact) mass is 391 g/mol. The van der Waals surface area contributed by atoms with Crippen LogP contribution in [0.3, 0.4) is 0 Å². The summed E-state index contributed by atoms with van der Waals surface area (Å²) in [5, 5.41) is 4.72. The largest absolute Gasteiger partial charge is 0.348 e. The molecule has 3 rings (SSSR count). The van der Waals surface area contributed by atoms with Gasteiger partial charge in [0.25, 0.3) is 0 Å². The van der Waals surface area contributed by atoms with Crippen LogP contribution < -0.4 is 5.69 Å². The number of H-pyrrole nitrogens is 1. The number of rotatable bonds is 3. The third-order valence-electron chi connectivity index (χ3n) is 7.34. The molecule has 1 N–H and O–H groups in total. The molecule has 0 aliphatic rings. The number of benzene rings is 2. The number of aromatic amines is 1. The second-order valence-electron chi connectivity index (χ2n) is 8.54. The molecule has 0 fully saturated rings. The second-order valence-corrected chi connectivity index (χ2v) is 8.54. The van der Waals surface area contributed by atoms with Crippen molar-refractivity contribution in [2.24, 2.45) is 0 Å². The van der Waals surface area contributed by atoms with Crippen molar-refractivity contribution in [3.63, 3.8) is 0 Å². The van der Waals surface area contributed by atoms with Crippen LogP contribution in [0.4, 0.5) is 0 Å². The Morgan fingerprint density at radius 1 is 0.621 bits per heavy atom. The summed E-state index contributed by atoms with van der Waals surface area (Å²) in [5.74, 6) is 0.707. The molecule has 1 aromatic heterocycles. The van der Waals surface area contributed by atoms with E-state index in [1.807, 2.05) is 0 Å². The fraction of sp³-hybridized carbons (Fsp3) is 0.440. The van der Waals surface area contributed by atoms with E-state index in [1.165, 1.54) is 50.1 Å². The standard InChI is InChI=1S/C25H33N3O/c1-12-14(3)18(7)22(19(8)15(12)4)11-23-26-25(29)28(27-23)24-20(9)16(5)13(2)17(6)21(24)10/h11H2,1-10H3,(H,26,27,29). The molecule has 3 aromatic rings. The Kier molecular flexibility index (Phi) is 5.33. The van der Waals surface area contributed by atoms with E-state index in [4.69, 9.17) is 5.10 Å². The predicted octanol–water partition coefficient (Wildman–Crippen LogP) is 5.24. The molecule has 0 aliphatic heterocycles. The zero-order valence-corrected chi connectivity index (χ0v) is 19.5. The Labute approximate surface area is 174 Å². The molecule has 0 radical (unpaired) electrons. The minimum Gasteiger partial charge on any atom is -0.292 e. The lowest BCUT2D eigenvalue weighted by Gasteiger charge is -2.18. The SMILES string of the molecule is Cc1c(C)c(C)c(Cc2nn(-c3c(C)c(C)c(C)c(C)c3C)c(=O)[nH]2)c(C)c1C. The first-order chi connectivity index (χ1) is 13.5. The van der Waals surface area contributed by atoms with Gasteiger partial charge in [-0.05, 0) is 130 Å². The third kappa shape index (κ3) is 3.25. The van der Waals surface area contributed by atoms with Crippen LogP contribution in [0.2, 0.25) is 0 Å². The molecule has 1 heterocycles. The molecular formula is C25H33N3O. The summed E-state index contributed by atoms with van der Waals surface area (Å²) in [5.41, 5.74) is 14.5. The number of hydrogen-bond acceptors (Lipinski definition) is 2. The van der Waals surface area contributed by atoms with Crippen molar-refractivity contribution in [3.05, 3.63) is 77.5 Å². The van der Waals surface area contributed by atoms with E-state index in [0.29, 0.717) is 12.2 Å². The normalized spacial score (nSPS) is 11.4. The van der Waals surface area contributed by atoms with Gasteiger partial charge in [0.2, 0.25) is 0 Å². The fourth-order valence-corrected chi connectivity index (χ4v) is 4.41. The molecular weight excluding hydrogens is 358 g/mol. The zero-order valence-electron chi connectivity index (χ0n) is 19.5. The van der Waals surface area contributed by atoms with Crippen molar-refractivity contribution >= 4 is 0 Å². The van der Waals surface area contributed by atoms with E-state index in [-0.39, 0.29) is 5.69 Å². The van der Waals surface area contributed by atoms with Crippen molar-refractivity contribution < 1.29 is 0 Å². The van der Waals surface area contributed by atoms with E-state index in [1.54, 1.807) is 4.68 Å². The molecule has 0 amide bonds. The van der Waals surface area contributed by atoms with Gasteiger partial charge in [0.15, 0.2) is 0 Å². The Balaban J connectivity index is 2.15. The lowest BCUT2D eigenvalue weighted by atomic mass is 9.88. The van der Waals surface area contributed by atoms with Crippen LogP contribution in [0.15, 0.2) is 4.79 Å². The Morgan fingerprint density at radius 3 is 1.45 bits per heavy atom. The molecule has 0 aliphatic carbocycles. The van der Waals surface area contributed by atoms with Crippen molar-refractivity contribution in [2.45, 2.75) is 75.7 Å². The maximum atomic E-state index is 12.8. The van der Waals surface area contributed by atoms with Gasteiger partial charge in [0.1, 0.15) is 5.82 Å². The summed E-state index contributed by atoms with van der Waals surface area (Å²) in [7, 11) is 0. The van der Waals surface area contributed by atoms with Crippen LogP contribution in [-0.4, -0.2) is 14.8 Å². The molecule has 0 atom stereocenters. The molecule has 4 heteroatoms. The molecule has 154 valence electrons. The average Bonchev–Trinajstić information content (AvgIpc) is 3.05. The number of nitrogens with one attached hydrogen (secondary N) is 1. The van der Waals surface area contributed by atoms with E-state index >= 15 is 0 Å². The fourth-order valence-electron chi connectivity index (χ4n) is 4.41. The first kappa shape index (κ1) is 21.1. The maximum absolute atomic E-state index is 12.8. The highest BCUT2D eigenvalue weighted by molar-refractivity contribution is 5.57. The Bertz CT molecular complexity index is 1130. The molecule has 0 unspecified atom stereocenters. The molecule has 0 spiro atoms. The Hall–Kier alpha value is -2.62. The summed E-state index contributed by atoms with van der Waals surface area (Å²) in [6, 6.07) is 0. The van der Waals surface area contributed by atoms with Crippen molar-refractivity contribution in [3.8, 4) is 5.69 Å². The molecule has 0 saturated heterocycles. The number of hydrogen-bond donors (Lipinski definition) is 1. The van der Waals surface area contributed by atoms with E-state index in [2.05, 4.69) is 74.2 Å². The zero-order chi connectivity index (χ0) is 21.8. The van der Waals surface area contributed by atoms with E-state index in [0.717, 1.165) is 16.8 Å². The van der Waals surface area contributed by atoms with Crippen LogP contribution in [0.25, 0.3) is 5.69 Å². The van der Waals surface area contributed by atoms with Gasteiger partial charge >= 0.3 is 5.69 Å². The summed E-state index contributed by atoms with van der Waals surface area (Å²) < 4.78 is 1.55. The highest BCUT2D eigenvalue weighted by Gasteiger charge is 2.19. The topological polar surface area (TPSA) is 50.7 Å². The first-order valence-corrected chi connectivity index (χ1v) is 10.3. The minimum atomic E-state index is -0.176. The van der Waals surface area contributed by atoms with Gasteiger partial charge in [-0.15, -0.1) is 5.10 Å². The van der Waals surface area contributed by atoms with Gasteiger partial charge in [0, 0.05) is 6.42 Å². The summed E-state index contributed by atoms with van der Waals surface area (Å²) in [4.78, 5) is 15.8. The number of aromatic nitrogens is 3. The van der Waals surface area contributed by atoms with Crippen LogP contribution in [0.1, 0.15) is 67.0 Å². The number of nitrogens with zero attached hydrogens (tertiary/aromatic N) is 2. The lowest BCUT2D eigenvalue weighted by molar-refractivity contribution is 0.806. The molecule has 29 heavy (non-hydrogen) atoms. The summed E-state index contributed by atoms with van der Waals surface area (Å²) in [6.07, 6.45) is 0.629. The van der Waals surface area contributed by atoms with Crippen molar-refractivity contribution in [1.82, 2.24) is 14.8 Å². The van der Waals surface area contributed by atoms with Gasteiger partial charge < -0.3 is 0 Å². The summed E-state index contributed by atoms with van der Waals surface area (Å²) >= 11 is 0. The van der Waals surface area contributed by atoms with E-state index < -0.39 is 0 Å². The predicted molar refractivity (Wildman–Crippen MR) is 121 cm³/mol. The van der Waals surface area contributed by atoms with Gasteiger partial charge in [-0.25, -0.2) is 4.79 Å². The molecule has 0 saturated carbocycles. The van der Waals surface area contributed by atoms with Gasteiger partial charge in [0.05, 0.1) is 5.69 Å². The molecule has 4 nitrogen and oxygen atoms in total. The molecule has 0 bridgehead atoms. The molecule has 2 aromatic carbocycles. The highest BCUT2D eigenvalue weighted by atomic mass is 16.1. The van der Waals surface area contributed by atoms with Crippen LogP contribution >= 0.6 is 0 Å². The van der Waals surface area contributed by atoms with E-state index in [9.17, 15) is 4.79 Å². The van der Waals surface area contributed by atoms with Crippen molar-refractivity contribution in [2.75, 3.05) is 0 Å². The maximum Gasteiger partial charge on any atom is 0.348 e. The van der Waals surface area contributed by atoms with Crippen molar-refractivity contribution in [1.29, 1.82) is 0 Å². The lowest BCUT2D eigenvalue weighted by Crippen LogP contribution is -2.19. The smallest absolute Gasteiger partial charge is 0.292 e. The summed E-state index contributed by atoms with van der Waals surface area (Å²) in [6.45, 7) is 21.4. The second kappa shape index (κ2) is 7.33. The minimum absolute atomic E-state index is 0.176. The highest BCUT2D eigenvalue weighted by Crippen LogP contribution is 2.29. The van der Waals surface area contributed by atoms with Gasteiger partial charge in [-0.2, -0.15) is 4.68 Å². The van der Waals surface area contributed by atoms with Gasteiger partial charge in [-0.1, -0.05) is 0 Å². The Morgan fingerprint density at radius 2 is 1.00 bits per heavy atom. The van der Waals surface area contributed by atoms with Crippen LogP contribution in [-0.2, 0) is 6.42 Å². The van der Waals surface area contributed by atoms with Gasteiger partial charge in [-0.3, -0.25) is 4.98 Å². The third-order valence-corrected chi connectivity index (χ3v) is 7.34. The van der Waals surface area contributed by atoms with Crippen LogP contribution in [0.5, 0.6) is 0 Å². The average molecular weight is 392 g/mol. The van der Waals surface area contributed by atoms with Crippen LogP contribution in [0, 0.1) is 69.2 Å².